The molecule has 1 aromatic carbocycles. The fraction of sp³-hybridized carbons (Fsp3) is 0.440. The second-order valence-corrected chi connectivity index (χ2v) is 8.78. The third-order valence-corrected chi connectivity index (χ3v) is 5.64. The van der Waals surface area contributed by atoms with Crippen molar-refractivity contribution in [1.82, 2.24) is 0 Å². The van der Waals surface area contributed by atoms with Crippen LogP contribution in [0.4, 0.5) is 0 Å². The van der Waals surface area contributed by atoms with Crippen LogP contribution in [0.5, 0.6) is 11.5 Å². The fourth-order valence-corrected chi connectivity index (χ4v) is 3.66. The molecule has 7 atom stereocenters. The van der Waals surface area contributed by atoms with Crippen LogP contribution >= 0.6 is 0 Å². The third kappa shape index (κ3) is 7.16. The number of phenols is 2. The predicted molar refractivity (Wildman–Crippen MR) is 126 cm³/mol. The van der Waals surface area contributed by atoms with Gasteiger partial charge in [-0.05, 0) is 49.8 Å². The molecule has 2 heterocycles. The smallest absolute Gasteiger partial charge is 0.337 e. The number of rotatable bonds is 8. The zero-order chi connectivity index (χ0) is 27.3. The highest BCUT2D eigenvalue weighted by Gasteiger charge is 2.45. The van der Waals surface area contributed by atoms with Crippen molar-refractivity contribution in [3.8, 4) is 11.5 Å². The van der Waals surface area contributed by atoms with Crippen LogP contribution in [0.1, 0.15) is 19.4 Å². The first-order chi connectivity index (χ1) is 17.5. The van der Waals surface area contributed by atoms with Crippen molar-refractivity contribution in [2.75, 3.05) is 13.2 Å². The summed E-state index contributed by atoms with van der Waals surface area (Å²) in [6.07, 6.45) is -4.44. The lowest BCUT2D eigenvalue weighted by Crippen LogP contribution is -2.59. The van der Waals surface area contributed by atoms with Crippen molar-refractivity contribution < 1.29 is 59.2 Å². The number of cyclic esters (lactones) is 1. The zero-order valence-corrected chi connectivity index (χ0v) is 20.1. The van der Waals surface area contributed by atoms with Gasteiger partial charge in [0.1, 0.15) is 37.1 Å². The quantitative estimate of drug-likeness (QED) is 0.113. The van der Waals surface area contributed by atoms with E-state index in [-0.39, 0.29) is 23.7 Å². The van der Waals surface area contributed by atoms with E-state index in [1.165, 1.54) is 30.4 Å². The third-order valence-electron chi connectivity index (χ3n) is 5.64. The number of aliphatic hydroxyl groups excluding tert-OH is 4. The molecule has 3 rings (SSSR count). The molecule has 2 fully saturated rings. The number of hydrogen-bond acceptors (Lipinski definition) is 12. The molecule has 0 spiro atoms. The largest absolute Gasteiger partial charge is 0.504 e. The van der Waals surface area contributed by atoms with Gasteiger partial charge in [-0.1, -0.05) is 11.6 Å². The zero-order valence-electron chi connectivity index (χ0n) is 20.1. The second-order valence-electron chi connectivity index (χ2n) is 8.78. The Morgan fingerprint density at radius 2 is 1.78 bits per heavy atom. The van der Waals surface area contributed by atoms with Crippen LogP contribution in [0.2, 0.25) is 0 Å². The SMILES string of the molecule is CC(C)=C[C@H]1OC(=O)/C(=C\CO[C@@H]2O[C@H](COC(=O)/C=C/c3ccc(O)c(O)c3)[C@@H](O)[C@H](O)[C@H]2O)[C@@H]1O. The van der Waals surface area contributed by atoms with E-state index in [4.69, 9.17) is 18.9 Å². The molecule has 12 nitrogen and oxygen atoms in total. The predicted octanol–water partition coefficient (Wildman–Crippen LogP) is -0.343. The number of benzene rings is 1. The van der Waals surface area contributed by atoms with Crippen molar-refractivity contribution >= 4 is 18.0 Å². The van der Waals surface area contributed by atoms with Gasteiger partial charge in [-0.15, -0.1) is 0 Å². The maximum absolute atomic E-state index is 12.0. The van der Waals surface area contributed by atoms with Gasteiger partial charge in [0.25, 0.3) is 0 Å². The molecule has 202 valence electrons. The number of carbonyl (C=O) groups is 2. The Balaban J connectivity index is 1.55. The molecule has 0 amide bonds. The van der Waals surface area contributed by atoms with E-state index >= 15 is 0 Å². The summed E-state index contributed by atoms with van der Waals surface area (Å²) in [5.41, 5.74) is 1.22. The van der Waals surface area contributed by atoms with E-state index < -0.39 is 61.5 Å². The summed E-state index contributed by atoms with van der Waals surface area (Å²) in [6, 6.07) is 3.93. The van der Waals surface area contributed by atoms with Gasteiger partial charge in [0.05, 0.1) is 12.2 Å². The van der Waals surface area contributed by atoms with Gasteiger partial charge >= 0.3 is 11.9 Å². The highest BCUT2D eigenvalue weighted by atomic mass is 16.7. The van der Waals surface area contributed by atoms with Crippen molar-refractivity contribution in [3.05, 3.63) is 53.1 Å². The van der Waals surface area contributed by atoms with E-state index in [0.717, 1.165) is 11.6 Å². The Kier molecular flexibility index (Phi) is 9.43. The van der Waals surface area contributed by atoms with Crippen molar-refractivity contribution in [2.24, 2.45) is 0 Å². The van der Waals surface area contributed by atoms with E-state index in [9.17, 15) is 40.2 Å². The summed E-state index contributed by atoms with van der Waals surface area (Å²) in [4.78, 5) is 24.1. The molecule has 6 N–H and O–H groups in total. The Bertz CT molecular complexity index is 1070. The van der Waals surface area contributed by atoms with Crippen molar-refractivity contribution in [2.45, 2.75) is 56.8 Å². The van der Waals surface area contributed by atoms with Crippen LogP contribution in [0.15, 0.2) is 47.6 Å². The first kappa shape index (κ1) is 28.3. The summed E-state index contributed by atoms with van der Waals surface area (Å²) in [7, 11) is 0. The van der Waals surface area contributed by atoms with Gasteiger partial charge in [0.15, 0.2) is 23.9 Å². The first-order valence-corrected chi connectivity index (χ1v) is 11.4. The first-order valence-electron chi connectivity index (χ1n) is 11.4. The van der Waals surface area contributed by atoms with E-state index in [1.807, 2.05) is 0 Å². The molecule has 2 aliphatic rings. The number of hydrogen-bond donors (Lipinski definition) is 6. The molecule has 12 heteroatoms. The molecule has 0 bridgehead atoms. The molecular weight excluding hydrogens is 492 g/mol. The van der Waals surface area contributed by atoms with Gasteiger partial charge in [0, 0.05) is 6.08 Å². The van der Waals surface area contributed by atoms with Gasteiger partial charge in [-0.25, -0.2) is 9.59 Å². The molecule has 2 saturated heterocycles. The fourth-order valence-electron chi connectivity index (χ4n) is 3.66. The van der Waals surface area contributed by atoms with Gasteiger partial charge in [-0.3, -0.25) is 0 Å². The average molecular weight is 523 g/mol. The second kappa shape index (κ2) is 12.3. The number of carbonyl (C=O) groups excluding carboxylic acids is 2. The van der Waals surface area contributed by atoms with Crippen LogP contribution in [-0.4, -0.2) is 98.7 Å². The number of allylic oxidation sites excluding steroid dienone is 1. The molecule has 0 unspecified atom stereocenters. The molecular formula is C25H30O12. The Labute approximate surface area is 212 Å². The molecule has 0 saturated carbocycles. The van der Waals surface area contributed by atoms with Gasteiger partial charge in [0.2, 0.25) is 0 Å². The lowest BCUT2D eigenvalue weighted by molar-refractivity contribution is -0.299. The summed E-state index contributed by atoms with van der Waals surface area (Å²) in [5, 5.41) is 59.7. The minimum Gasteiger partial charge on any atom is -0.504 e. The number of aromatic hydroxyl groups is 2. The van der Waals surface area contributed by atoms with E-state index in [1.54, 1.807) is 19.9 Å². The molecule has 0 aliphatic carbocycles. The number of phenolic OH excluding ortho intramolecular Hbond substituents is 2. The van der Waals surface area contributed by atoms with Crippen LogP contribution in [0.25, 0.3) is 6.08 Å². The molecule has 37 heavy (non-hydrogen) atoms. The summed E-state index contributed by atoms with van der Waals surface area (Å²) in [5.74, 6) is -2.23. The highest BCUT2D eigenvalue weighted by molar-refractivity contribution is 5.92. The topological polar surface area (TPSA) is 192 Å². The lowest BCUT2D eigenvalue weighted by atomic mass is 9.99. The number of ether oxygens (including phenoxy) is 4. The van der Waals surface area contributed by atoms with Crippen LogP contribution in [0.3, 0.4) is 0 Å². The van der Waals surface area contributed by atoms with Crippen LogP contribution in [-0.2, 0) is 28.5 Å². The maximum Gasteiger partial charge on any atom is 0.337 e. The Morgan fingerprint density at radius 3 is 2.46 bits per heavy atom. The summed E-state index contributed by atoms with van der Waals surface area (Å²) >= 11 is 0. The van der Waals surface area contributed by atoms with Crippen LogP contribution < -0.4 is 0 Å². The molecule has 0 aromatic heterocycles. The summed E-state index contributed by atoms with van der Waals surface area (Å²) in [6.45, 7) is 2.78. The van der Waals surface area contributed by atoms with Crippen molar-refractivity contribution in [3.63, 3.8) is 0 Å². The van der Waals surface area contributed by atoms with Gasteiger partial charge in [-0.2, -0.15) is 0 Å². The highest BCUT2D eigenvalue weighted by Crippen LogP contribution is 2.26. The van der Waals surface area contributed by atoms with E-state index in [2.05, 4.69) is 0 Å². The standard InChI is InChI=1S/C25H30O12/c1-12(2)9-17-20(29)14(24(33)36-17)7-8-34-25-23(32)22(31)21(30)18(37-25)11-35-19(28)6-4-13-3-5-15(26)16(27)10-13/h3-7,9-10,17-18,20-23,25-27,29-32H,8,11H2,1-2H3/b6-4+,14-7-/t17-,18-,20+,21-,22+,23-,25-/m1/s1. The Hall–Kier alpha value is -3.26. The molecule has 1 aromatic rings. The minimum absolute atomic E-state index is 0.0346. The van der Waals surface area contributed by atoms with E-state index in [0.29, 0.717) is 5.56 Å². The molecule has 0 radical (unpaired) electrons. The normalized spacial score (nSPS) is 30.9. The number of aliphatic hydroxyl groups is 4. The minimum atomic E-state index is -1.69. The Morgan fingerprint density at radius 1 is 1.05 bits per heavy atom. The monoisotopic (exact) mass is 522 g/mol. The average Bonchev–Trinajstić information content (AvgIpc) is 3.10. The summed E-state index contributed by atoms with van der Waals surface area (Å²) < 4.78 is 21.0. The maximum atomic E-state index is 12.0. The van der Waals surface area contributed by atoms with Crippen LogP contribution in [0, 0.1) is 0 Å². The van der Waals surface area contributed by atoms with Crippen molar-refractivity contribution in [1.29, 1.82) is 0 Å². The van der Waals surface area contributed by atoms with Gasteiger partial charge < -0.3 is 49.6 Å². The molecule has 2 aliphatic heterocycles. The lowest BCUT2D eigenvalue weighted by Gasteiger charge is -2.39. The number of esters is 2.